The Labute approximate surface area is 145 Å². The van der Waals surface area contributed by atoms with Crippen LogP contribution in [0.15, 0.2) is 4.99 Å². The van der Waals surface area contributed by atoms with E-state index >= 15 is 0 Å². The maximum atomic E-state index is 9.57. The molecule has 0 bridgehead atoms. The lowest BCUT2D eigenvalue weighted by Gasteiger charge is -2.18. The molecule has 1 aromatic rings. The summed E-state index contributed by atoms with van der Waals surface area (Å²) in [6, 6.07) is 2.42. The van der Waals surface area contributed by atoms with E-state index in [1.165, 1.54) is 55.4 Å². The maximum absolute atomic E-state index is 9.57. The highest BCUT2D eigenvalue weighted by atomic mass is 32.1. The number of aliphatic imine (C=N–C) groups is 1. The van der Waals surface area contributed by atoms with E-state index in [9.17, 15) is 5.26 Å². The van der Waals surface area contributed by atoms with Crippen molar-refractivity contribution in [2.75, 3.05) is 13.1 Å². The van der Waals surface area contributed by atoms with Crippen molar-refractivity contribution in [1.82, 2.24) is 4.90 Å². The van der Waals surface area contributed by atoms with Crippen molar-refractivity contribution in [1.29, 1.82) is 5.26 Å². The second-order valence-electron chi connectivity index (χ2n) is 6.34. The van der Waals surface area contributed by atoms with E-state index in [1.807, 2.05) is 6.34 Å². The van der Waals surface area contributed by atoms with E-state index in [0.717, 1.165) is 36.5 Å². The lowest BCUT2D eigenvalue weighted by molar-refractivity contribution is 0.409. The number of nitrogens with zero attached hydrogens (tertiary/aromatic N) is 3. The standard InChI is InChI=1S/C19H29N3S/c1-3-5-12-22(13-6-4-2)15-21-19-17(14-20)16-10-8-7-9-11-18(16)23-19/h15H,3-13H2,1-2H3/b21-15+. The number of hydrogen-bond acceptors (Lipinski definition) is 3. The Balaban J connectivity index is 2.15. The van der Waals surface area contributed by atoms with Crippen molar-refractivity contribution in [3.05, 3.63) is 16.0 Å². The largest absolute Gasteiger partial charge is 0.363 e. The quantitative estimate of drug-likeness (QED) is 0.361. The first kappa shape index (κ1) is 18.0. The Morgan fingerprint density at radius 1 is 1.13 bits per heavy atom. The summed E-state index contributed by atoms with van der Waals surface area (Å²) in [7, 11) is 0. The Morgan fingerprint density at radius 2 is 1.83 bits per heavy atom. The third kappa shape index (κ3) is 5.07. The molecule has 0 radical (unpaired) electrons. The van der Waals surface area contributed by atoms with Gasteiger partial charge in [-0.1, -0.05) is 33.1 Å². The molecule has 3 nitrogen and oxygen atoms in total. The Hall–Kier alpha value is -1.34. The van der Waals surface area contributed by atoms with Crippen molar-refractivity contribution in [2.45, 2.75) is 71.6 Å². The lowest BCUT2D eigenvalue weighted by Crippen LogP contribution is -2.24. The number of nitriles is 1. The van der Waals surface area contributed by atoms with Crippen LogP contribution in [0.4, 0.5) is 5.00 Å². The molecule has 0 spiro atoms. The minimum atomic E-state index is 0.842. The van der Waals surface area contributed by atoms with Gasteiger partial charge in [-0.15, -0.1) is 11.3 Å². The topological polar surface area (TPSA) is 39.4 Å². The minimum Gasteiger partial charge on any atom is -0.363 e. The van der Waals surface area contributed by atoms with Gasteiger partial charge in [0, 0.05) is 18.0 Å². The molecule has 1 aromatic heterocycles. The number of fused-ring (bicyclic) bond motifs is 1. The summed E-state index contributed by atoms with van der Waals surface area (Å²) in [5.41, 5.74) is 2.13. The van der Waals surface area contributed by atoms with E-state index in [0.29, 0.717) is 0 Å². The van der Waals surface area contributed by atoms with Crippen LogP contribution in [-0.4, -0.2) is 24.3 Å². The second-order valence-corrected chi connectivity index (χ2v) is 7.43. The van der Waals surface area contributed by atoms with E-state index in [-0.39, 0.29) is 0 Å². The van der Waals surface area contributed by atoms with E-state index in [4.69, 9.17) is 4.99 Å². The van der Waals surface area contributed by atoms with Gasteiger partial charge in [-0.05, 0) is 44.1 Å². The van der Waals surface area contributed by atoms with Crippen LogP contribution in [0.5, 0.6) is 0 Å². The summed E-state index contributed by atoms with van der Waals surface area (Å²) < 4.78 is 0. The Kier molecular flexibility index (Phi) is 7.61. The highest BCUT2D eigenvalue weighted by Crippen LogP contribution is 2.38. The molecule has 0 saturated heterocycles. The summed E-state index contributed by atoms with van der Waals surface area (Å²) in [5, 5.41) is 10.5. The van der Waals surface area contributed by atoms with Crippen LogP contribution in [0.25, 0.3) is 0 Å². The number of hydrogen-bond donors (Lipinski definition) is 0. The van der Waals surface area contributed by atoms with Crippen LogP contribution in [0.3, 0.4) is 0 Å². The molecule has 4 heteroatoms. The molecule has 0 N–H and O–H groups in total. The number of thiophene rings is 1. The number of unbranched alkanes of at least 4 members (excludes halogenated alkanes) is 2. The molecule has 1 heterocycles. The summed E-state index contributed by atoms with van der Waals surface area (Å²) in [5.74, 6) is 0. The molecule has 0 unspecified atom stereocenters. The fourth-order valence-electron chi connectivity index (χ4n) is 3.02. The lowest BCUT2D eigenvalue weighted by atomic mass is 10.1. The molecule has 0 aliphatic heterocycles. The molecule has 0 amide bonds. The van der Waals surface area contributed by atoms with Gasteiger partial charge in [0.25, 0.3) is 0 Å². The third-order valence-electron chi connectivity index (χ3n) is 4.45. The van der Waals surface area contributed by atoms with Gasteiger partial charge in [-0.3, -0.25) is 0 Å². The van der Waals surface area contributed by atoms with Crippen LogP contribution in [-0.2, 0) is 12.8 Å². The fraction of sp³-hybridized carbons (Fsp3) is 0.684. The molecule has 126 valence electrons. The summed E-state index contributed by atoms with van der Waals surface area (Å²) in [4.78, 5) is 8.44. The molecular weight excluding hydrogens is 302 g/mol. The second kappa shape index (κ2) is 9.72. The van der Waals surface area contributed by atoms with Crippen LogP contribution in [0, 0.1) is 11.3 Å². The van der Waals surface area contributed by atoms with Crippen molar-refractivity contribution in [3.8, 4) is 6.07 Å². The smallest absolute Gasteiger partial charge is 0.136 e. The summed E-state index contributed by atoms with van der Waals surface area (Å²) in [6.07, 6.45) is 12.7. The number of rotatable bonds is 8. The zero-order chi connectivity index (χ0) is 16.5. The van der Waals surface area contributed by atoms with Gasteiger partial charge < -0.3 is 4.90 Å². The maximum Gasteiger partial charge on any atom is 0.136 e. The monoisotopic (exact) mass is 331 g/mol. The van der Waals surface area contributed by atoms with Gasteiger partial charge in [0.15, 0.2) is 0 Å². The van der Waals surface area contributed by atoms with Gasteiger partial charge >= 0.3 is 0 Å². The average molecular weight is 332 g/mol. The SMILES string of the molecule is CCCCN(/C=N/c1sc2c(c1C#N)CCCCC2)CCCC. The highest BCUT2D eigenvalue weighted by Gasteiger charge is 2.19. The predicted molar refractivity (Wildman–Crippen MR) is 99.8 cm³/mol. The van der Waals surface area contributed by atoms with Crippen molar-refractivity contribution in [2.24, 2.45) is 4.99 Å². The molecule has 0 fully saturated rings. The Bertz CT molecular complexity index is 546. The predicted octanol–water partition coefficient (Wildman–Crippen LogP) is 5.45. The van der Waals surface area contributed by atoms with Gasteiger partial charge in [0.2, 0.25) is 0 Å². The van der Waals surface area contributed by atoms with Crippen LogP contribution in [0.2, 0.25) is 0 Å². The Morgan fingerprint density at radius 3 is 2.48 bits per heavy atom. The fourth-order valence-corrected chi connectivity index (χ4v) is 4.20. The average Bonchev–Trinajstić information content (AvgIpc) is 2.74. The van der Waals surface area contributed by atoms with Crippen LogP contribution in [0.1, 0.15) is 74.8 Å². The molecular formula is C19H29N3S. The third-order valence-corrected chi connectivity index (χ3v) is 5.65. The van der Waals surface area contributed by atoms with Crippen LogP contribution >= 0.6 is 11.3 Å². The zero-order valence-corrected chi connectivity index (χ0v) is 15.4. The van der Waals surface area contributed by atoms with Crippen molar-refractivity contribution >= 4 is 22.7 Å². The highest BCUT2D eigenvalue weighted by molar-refractivity contribution is 7.16. The first-order valence-electron chi connectivity index (χ1n) is 9.13. The first-order valence-corrected chi connectivity index (χ1v) is 9.94. The van der Waals surface area contributed by atoms with E-state index < -0.39 is 0 Å². The zero-order valence-electron chi connectivity index (χ0n) is 14.6. The molecule has 1 aliphatic rings. The normalized spacial score (nSPS) is 14.5. The first-order chi connectivity index (χ1) is 11.3. The summed E-state index contributed by atoms with van der Waals surface area (Å²) in [6.45, 7) is 6.57. The molecule has 0 atom stereocenters. The summed E-state index contributed by atoms with van der Waals surface area (Å²) >= 11 is 1.74. The van der Waals surface area contributed by atoms with Gasteiger partial charge in [0.1, 0.15) is 11.1 Å². The molecule has 1 aliphatic carbocycles. The minimum absolute atomic E-state index is 0.842. The van der Waals surface area contributed by atoms with Crippen molar-refractivity contribution in [3.63, 3.8) is 0 Å². The molecule has 0 aromatic carbocycles. The van der Waals surface area contributed by atoms with E-state index in [1.54, 1.807) is 11.3 Å². The van der Waals surface area contributed by atoms with Crippen molar-refractivity contribution < 1.29 is 0 Å². The van der Waals surface area contributed by atoms with Gasteiger partial charge in [-0.2, -0.15) is 5.26 Å². The van der Waals surface area contributed by atoms with Gasteiger partial charge in [0.05, 0.1) is 11.9 Å². The number of aryl methyl sites for hydroxylation is 1. The van der Waals surface area contributed by atoms with Crippen LogP contribution < -0.4 is 0 Å². The van der Waals surface area contributed by atoms with E-state index in [2.05, 4.69) is 24.8 Å². The molecule has 2 rings (SSSR count). The molecule has 0 saturated carbocycles. The van der Waals surface area contributed by atoms with Gasteiger partial charge in [-0.25, -0.2) is 4.99 Å². The molecule has 23 heavy (non-hydrogen) atoms.